The quantitative estimate of drug-likeness (QED) is 0.499. The first-order valence-electron chi connectivity index (χ1n) is 10.5. The summed E-state index contributed by atoms with van der Waals surface area (Å²) in [4.78, 5) is 43.9. The van der Waals surface area contributed by atoms with Crippen LogP contribution in [0.25, 0.3) is 6.08 Å². The highest BCUT2D eigenvalue weighted by Crippen LogP contribution is 2.27. The third kappa shape index (κ3) is 3.95. The number of carbonyl (C=O) groups excluding carboxylic acids is 2. The zero-order valence-corrected chi connectivity index (χ0v) is 18.4. The zero-order chi connectivity index (χ0) is 23.2. The van der Waals surface area contributed by atoms with Gasteiger partial charge in [0, 0.05) is 25.7 Å². The second-order valence-electron chi connectivity index (χ2n) is 8.32. The summed E-state index contributed by atoms with van der Waals surface area (Å²) in [5.41, 5.74) is 13.4. The Bertz CT molecular complexity index is 1220. The molecule has 33 heavy (non-hydrogen) atoms. The number of nitrogen functional groups attached to an aromatic ring is 2. The van der Waals surface area contributed by atoms with E-state index in [-0.39, 0.29) is 33.9 Å². The number of hydrogen-bond acceptors (Lipinski definition) is 9. The Balaban J connectivity index is 1.19. The molecule has 0 bridgehead atoms. The first kappa shape index (κ1) is 21.1. The summed E-state index contributed by atoms with van der Waals surface area (Å²) >= 11 is 5.85. The molecule has 12 heteroatoms. The molecule has 1 spiro atoms. The Morgan fingerprint density at radius 1 is 1.18 bits per heavy atom. The largest absolute Gasteiger partial charge is 0.382 e. The molecule has 5 rings (SSSR count). The van der Waals surface area contributed by atoms with Crippen LogP contribution >= 0.6 is 11.6 Å². The lowest BCUT2D eigenvalue weighted by molar-refractivity contribution is 0.0668. The number of carbonyl (C=O) groups is 2. The number of halogens is 1. The lowest BCUT2D eigenvalue weighted by Crippen LogP contribution is -2.57. The molecule has 0 unspecified atom stereocenters. The summed E-state index contributed by atoms with van der Waals surface area (Å²) < 4.78 is 0. The van der Waals surface area contributed by atoms with Crippen LogP contribution in [0.5, 0.6) is 0 Å². The van der Waals surface area contributed by atoms with Crippen LogP contribution in [0.4, 0.5) is 11.6 Å². The minimum Gasteiger partial charge on any atom is -0.382 e. The van der Waals surface area contributed by atoms with E-state index >= 15 is 0 Å². The summed E-state index contributed by atoms with van der Waals surface area (Å²) in [5, 5.41) is 5.86. The van der Waals surface area contributed by atoms with Crippen molar-refractivity contribution in [2.24, 2.45) is 4.99 Å². The van der Waals surface area contributed by atoms with Gasteiger partial charge in [0.15, 0.2) is 28.4 Å². The number of guanidine groups is 1. The molecule has 0 atom stereocenters. The molecule has 4 heterocycles. The fraction of sp³-hybridized carbons (Fsp3) is 0.333. The van der Waals surface area contributed by atoms with Crippen LogP contribution in [-0.2, 0) is 6.42 Å². The molecule has 2 aromatic rings. The third-order valence-corrected chi connectivity index (χ3v) is 6.42. The van der Waals surface area contributed by atoms with E-state index in [2.05, 4.69) is 30.6 Å². The predicted molar refractivity (Wildman–Crippen MR) is 124 cm³/mol. The highest BCUT2D eigenvalue weighted by Gasteiger charge is 2.40. The molecule has 6 N–H and O–H groups in total. The van der Waals surface area contributed by atoms with E-state index in [0.717, 1.165) is 17.7 Å². The molecule has 3 aliphatic rings. The summed E-state index contributed by atoms with van der Waals surface area (Å²) in [7, 11) is 0. The number of amides is 2. The zero-order valence-electron chi connectivity index (χ0n) is 17.6. The van der Waals surface area contributed by atoms with E-state index in [1.165, 1.54) is 0 Å². The number of aromatic nitrogens is 3. The molecule has 1 fully saturated rings. The number of pyridine rings is 1. The van der Waals surface area contributed by atoms with Crippen molar-refractivity contribution in [2.75, 3.05) is 31.1 Å². The van der Waals surface area contributed by atoms with Gasteiger partial charge in [0.05, 0.1) is 23.3 Å². The highest BCUT2D eigenvalue weighted by atomic mass is 35.5. The Morgan fingerprint density at radius 2 is 1.97 bits per heavy atom. The Kier molecular flexibility index (Phi) is 5.12. The topological polar surface area (TPSA) is 165 Å². The molecule has 0 radical (unpaired) electrons. The minimum absolute atomic E-state index is 0.0258. The monoisotopic (exact) mass is 467 g/mol. The predicted octanol–water partition coefficient (Wildman–Crippen LogP) is 0.623. The van der Waals surface area contributed by atoms with Crippen molar-refractivity contribution in [1.82, 2.24) is 30.5 Å². The van der Waals surface area contributed by atoms with Crippen LogP contribution in [0.3, 0.4) is 0 Å². The standard InChI is InChI=1S/C21H22ClN9O2/c22-15-17(24)28-16(23)14(27-15)18(32)29-20-26-10-21(30-20)4-6-31(7-5-21)19(33)12-8-11-2-1-3-13(11)25-9-12/h1-2,8-9H,3-7,10H2,(H4,23,24,28)(H2,26,29,30,32). The van der Waals surface area contributed by atoms with Gasteiger partial charge in [0.25, 0.3) is 11.8 Å². The van der Waals surface area contributed by atoms with E-state index in [0.29, 0.717) is 44.0 Å². The number of piperidine rings is 1. The maximum Gasteiger partial charge on any atom is 0.280 e. The van der Waals surface area contributed by atoms with Crippen molar-refractivity contribution >= 4 is 47.1 Å². The SMILES string of the molecule is Nc1nc(N)c(C(=O)NC2=NCC3(CCN(C(=O)c4cnc5c(c4)C=CC5)CC3)N2)nc1Cl. The number of aliphatic imine (C=N–C) groups is 1. The van der Waals surface area contributed by atoms with Crippen molar-refractivity contribution in [1.29, 1.82) is 0 Å². The van der Waals surface area contributed by atoms with Gasteiger partial charge in [-0.15, -0.1) is 0 Å². The van der Waals surface area contributed by atoms with Crippen LogP contribution in [0.15, 0.2) is 23.3 Å². The first-order valence-corrected chi connectivity index (χ1v) is 10.9. The van der Waals surface area contributed by atoms with E-state index < -0.39 is 5.91 Å². The van der Waals surface area contributed by atoms with Gasteiger partial charge >= 0.3 is 0 Å². The molecule has 1 aliphatic carbocycles. The van der Waals surface area contributed by atoms with Crippen molar-refractivity contribution in [3.63, 3.8) is 0 Å². The van der Waals surface area contributed by atoms with E-state index in [9.17, 15) is 9.59 Å². The molecule has 11 nitrogen and oxygen atoms in total. The van der Waals surface area contributed by atoms with Gasteiger partial charge in [-0.25, -0.2) is 9.97 Å². The maximum absolute atomic E-state index is 13.0. The van der Waals surface area contributed by atoms with E-state index in [1.807, 2.05) is 23.1 Å². The van der Waals surface area contributed by atoms with E-state index in [1.54, 1.807) is 6.20 Å². The van der Waals surface area contributed by atoms with Crippen LogP contribution in [-0.4, -0.2) is 62.8 Å². The second-order valence-corrected chi connectivity index (χ2v) is 8.67. The molecular weight excluding hydrogens is 446 g/mol. The van der Waals surface area contributed by atoms with Gasteiger partial charge in [-0.2, -0.15) is 0 Å². The molecule has 1 saturated heterocycles. The van der Waals surface area contributed by atoms with Crippen LogP contribution < -0.4 is 22.1 Å². The molecule has 0 aromatic carbocycles. The van der Waals surface area contributed by atoms with Crippen molar-refractivity contribution in [3.8, 4) is 0 Å². The lowest BCUT2D eigenvalue weighted by atomic mass is 9.88. The average molecular weight is 468 g/mol. The Morgan fingerprint density at radius 3 is 2.76 bits per heavy atom. The fourth-order valence-corrected chi connectivity index (χ4v) is 4.38. The number of likely N-dealkylation sites (tertiary alicyclic amines) is 1. The number of hydrogen-bond donors (Lipinski definition) is 4. The molecular formula is C21H22ClN9O2. The molecule has 170 valence electrons. The van der Waals surface area contributed by atoms with Crippen LogP contribution in [0.2, 0.25) is 5.15 Å². The summed E-state index contributed by atoms with van der Waals surface area (Å²) in [6.45, 7) is 1.63. The van der Waals surface area contributed by atoms with Gasteiger partial charge in [-0.1, -0.05) is 23.8 Å². The number of nitrogens with zero attached hydrogens (tertiary/aromatic N) is 5. The normalized spacial score (nSPS) is 18.1. The maximum atomic E-state index is 13.0. The van der Waals surface area contributed by atoms with Gasteiger partial charge in [-0.3, -0.25) is 24.9 Å². The highest BCUT2D eigenvalue weighted by molar-refractivity contribution is 6.31. The van der Waals surface area contributed by atoms with Crippen molar-refractivity contribution in [3.05, 3.63) is 46.0 Å². The van der Waals surface area contributed by atoms with Crippen molar-refractivity contribution < 1.29 is 9.59 Å². The average Bonchev–Trinajstić information content (AvgIpc) is 3.43. The fourth-order valence-electron chi connectivity index (χ4n) is 4.25. The summed E-state index contributed by atoms with van der Waals surface area (Å²) in [6, 6.07) is 1.90. The number of nitrogens with two attached hydrogens (primary N) is 2. The summed E-state index contributed by atoms with van der Waals surface area (Å²) in [5.74, 6) is -0.456. The van der Waals surface area contributed by atoms with Gasteiger partial charge in [-0.05, 0) is 24.5 Å². The minimum atomic E-state index is -0.587. The number of anilines is 2. The molecule has 2 amide bonds. The number of allylic oxidation sites excluding steroid dienone is 1. The summed E-state index contributed by atoms with van der Waals surface area (Å²) in [6.07, 6.45) is 7.89. The lowest BCUT2D eigenvalue weighted by Gasteiger charge is -2.39. The number of nitrogens with one attached hydrogen (secondary N) is 2. The number of fused-ring (bicyclic) bond motifs is 1. The van der Waals surface area contributed by atoms with Crippen molar-refractivity contribution in [2.45, 2.75) is 24.8 Å². The third-order valence-electron chi connectivity index (χ3n) is 6.14. The second kappa shape index (κ2) is 8.00. The van der Waals surface area contributed by atoms with Gasteiger partial charge < -0.3 is 21.7 Å². The number of rotatable bonds is 2. The van der Waals surface area contributed by atoms with E-state index in [4.69, 9.17) is 23.1 Å². The molecule has 0 saturated carbocycles. The molecule has 2 aliphatic heterocycles. The van der Waals surface area contributed by atoms with Crippen LogP contribution in [0.1, 0.15) is 44.9 Å². The Labute approximate surface area is 194 Å². The van der Waals surface area contributed by atoms with Gasteiger partial charge in [0.1, 0.15) is 0 Å². The van der Waals surface area contributed by atoms with Crippen LogP contribution in [0, 0.1) is 0 Å². The smallest absolute Gasteiger partial charge is 0.280 e. The molecule has 2 aromatic heterocycles. The van der Waals surface area contributed by atoms with Gasteiger partial charge in [0.2, 0.25) is 0 Å². The first-order chi connectivity index (χ1) is 15.8. The Hall–Kier alpha value is -3.73.